The maximum absolute atomic E-state index is 9.22. The quantitative estimate of drug-likeness (QED) is 0.148. The molecule has 0 fully saturated rings. The molecule has 1 aromatic carbocycles. The molecule has 3 N–H and O–H groups in total. The molecule has 25 heavy (non-hydrogen) atoms. The van der Waals surface area contributed by atoms with Crippen molar-refractivity contribution in [3.05, 3.63) is 30.3 Å². The van der Waals surface area contributed by atoms with Crippen LogP contribution >= 0.6 is 35.7 Å². The minimum atomic E-state index is 0. The highest BCUT2D eigenvalue weighted by Crippen LogP contribution is 2.16. The van der Waals surface area contributed by atoms with Crippen LogP contribution in [0.1, 0.15) is 33.6 Å². The summed E-state index contributed by atoms with van der Waals surface area (Å²) in [6.07, 6.45) is 1.93. The van der Waals surface area contributed by atoms with Crippen molar-refractivity contribution in [2.75, 3.05) is 32.0 Å². The lowest BCUT2D eigenvalue weighted by Crippen LogP contribution is -2.38. The number of nitrogens with one attached hydrogen (secondary N) is 2. The summed E-state index contributed by atoms with van der Waals surface area (Å²) in [5.41, 5.74) is 0. The maximum atomic E-state index is 9.22. The van der Waals surface area contributed by atoms with Gasteiger partial charge in [0, 0.05) is 36.9 Å². The maximum Gasteiger partial charge on any atom is 0.191 e. The standard InChI is InChI=1S/C19H33N3OS.HI/c1-4-20-19(22-15-17(10-12-23)14-16(2)3)21-11-13-24-18-8-6-5-7-9-18;/h5-9,16-17,23H,4,10-15H2,1-3H3,(H2,20,21,22);1H. The van der Waals surface area contributed by atoms with Crippen LogP contribution in [0.15, 0.2) is 40.2 Å². The van der Waals surface area contributed by atoms with Crippen molar-refractivity contribution >= 4 is 41.7 Å². The normalized spacial score (nSPS) is 12.6. The van der Waals surface area contributed by atoms with Crippen molar-refractivity contribution < 1.29 is 5.11 Å². The summed E-state index contributed by atoms with van der Waals surface area (Å²) in [7, 11) is 0. The lowest BCUT2D eigenvalue weighted by molar-refractivity contribution is 0.245. The summed E-state index contributed by atoms with van der Waals surface area (Å²) in [5.74, 6) is 2.96. The van der Waals surface area contributed by atoms with Gasteiger partial charge in [-0.25, -0.2) is 0 Å². The topological polar surface area (TPSA) is 56.7 Å². The van der Waals surface area contributed by atoms with Crippen LogP contribution in [0.25, 0.3) is 0 Å². The molecular formula is C19H34IN3OS. The smallest absolute Gasteiger partial charge is 0.191 e. The molecular weight excluding hydrogens is 445 g/mol. The highest BCUT2D eigenvalue weighted by Gasteiger charge is 2.10. The van der Waals surface area contributed by atoms with Gasteiger partial charge in [0.15, 0.2) is 5.96 Å². The summed E-state index contributed by atoms with van der Waals surface area (Å²) in [4.78, 5) is 6.00. The molecule has 0 aliphatic heterocycles. The number of aliphatic hydroxyl groups excluding tert-OH is 1. The van der Waals surface area contributed by atoms with Crippen LogP contribution in [0, 0.1) is 11.8 Å². The van der Waals surface area contributed by atoms with Crippen LogP contribution in [0.3, 0.4) is 0 Å². The van der Waals surface area contributed by atoms with Gasteiger partial charge < -0.3 is 15.7 Å². The SMILES string of the molecule is CCNC(=NCC(CCO)CC(C)C)NCCSc1ccccc1.I. The Hall–Kier alpha value is -0.470. The fourth-order valence-electron chi connectivity index (χ4n) is 2.55. The molecule has 6 heteroatoms. The van der Waals surface area contributed by atoms with Crippen molar-refractivity contribution in [1.29, 1.82) is 0 Å². The molecule has 4 nitrogen and oxygen atoms in total. The third-order valence-corrected chi connectivity index (χ3v) is 4.61. The number of aliphatic hydroxyl groups is 1. The zero-order valence-electron chi connectivity index (χ0n) is 15.7. The van der Waals surface area contributed by atoms with Crippen LogP contribution in [-0.2, 0) is 0 Å². The summed E-state index contributed by atoms with van der Waals surface area (Å²) in [5, 5.41) is 15.9. The molecule has 0 spiro atoms. The number of hydrogen-bond donors (Lipinski definition) is 3. The van der Waals surface area contributed by atoms with E-state index >= 15 is 0 Å². The number of thioether (sulfide) groups is 1. The molecule has 0 heterocycles. The van der Waals surface area contributed by atoms with Gasteiger partial charge in [-0.05, 0) is 43.7 Å². The van der Waals surface area contributed by atoms with E-state index in [9.17, 15) is 5.11 Å². The van der Waals surface area contributed by atoms with E-state index < -0.39 is 0 Å². The fourth-order valence-corrected chi connectivity index (χ4v) is 3.34. The van der Waals surface area contributed by atoms with Gasteiger partial charge in [0.1, 0.15) is 0 Å². The highest BCUT2D eigenvalue weighted by atomic mass is 127. The number of nitrogens with zero attached hydrogens (tertiary/aromatic N) is 1. The van der Waals surface area contributed by atoms with E-state index in [4.69, 9.17) is 4.99 Å². The predicted octanol–water partition coefficient (Wildman–Crippen LogP) is 4.00. The molecule has 0 aromatic heterocycles. The minimum Gasteiger partial charge on any atom is -0.396 e. The molecule has 0 bridgehead atoms. The Labute approximate surface area is 174 Å². The molecule has 1 atom stereocenters. The molecule has 1 aromatic rings. The predicted molar refractivity (Wildman–Crippen MR) is 121 cm³/mol. The van der Waals surface area contributed by atoms with E-state index in [1.807, 2.05) is 17.8 Å². The monoisotopic (exact) mass is 479 g/mol. The number of benzene rings is 1. The Balaban J connectivity index is 0.00000576. The lowest BCUT2D eigenvalue weighted by atomic mass is 9.94. The first-order valence-corrected chi connectivity index (χ1v) is 9.95. The number of aliphatic imine (C=N–C) groups is 1. The summed E-state index contributed by atoms with van der Waals surface area (Å²) in [6, 6.07) is 10.4. The highest BCUT2D eigenvalue weighted by molar-refractivity contribution is 14.0. The van der Waals surface area contributed by atoms with Crippen LogP contribution < -0.4 is 10.6 Å². The summed E-state index contributed by atoms with van der Waals surface area (Å²) >= 11 is 1.84. The zero-order chi connectivity index (χ0) is 17.6. The third-order valence-electron chi connectivity index (χ3n) is 3.60. The first-order valence-electron chi connectivity index (χ1n) is 8.96. The van der Waals surface area contributed by atoms with Crippen LogP contribution in [-0.4, -0.2) is 43.1 Å². The first-order chi connectivity index (χ1) is 11.7. The van der Waals surface area contributed by atoms with Crippen molar-refractivity contribution in [3.8, 4) is 0 Å². The number of rotatable bonds is 11. The van der Waals surface area contributed by atoms with Crippen LogP contribution in [0.4, 0.5) is 0 Å². The molecule has 1 rings (SSSR count). The van der Waals surface area contributed by atoms with Crippen LogP contribution in [0.5, 0.6) is 0 Å². The average molecular weight is 479 g/mol. The minimum absolute atomic E-state index is 0. The van der Waals surface area contributed by atoms with Gasteiger partial charge >= 0.3 is 0 Å². The Morgan fingerprint density at radius 2 is 1.92 bits per heavy atom. The largest absolute Gasteiger partial charge is 0.396 e. The second-order valence-corrected chi connectivity index (χ2v) is 7.48. The van der Waals surface area contributed by atoms with Gasteiger partial charge in [0.05, 0.1) is 0 Å². The van der Waals surface area contributed by atoms with Crippen molar-refractivity contribution in [1.82, 2.24) is 10.6 Å². The molecule has 0 radical (unpaired) electrons. The Bertz CT molecular complexity index is 457. The molecule has 0 aliphatic rings. The molecule has 0 aliphatic carbocycles. The van der Waals surface area contributed by atoms with Crippen LogP contribution in [0.2, 0.25) is 0 Å². The van der Waals surface area contributed by atoms with Gasteiger partial charge in [-0.3, -0.25) is 4.99 Å². The fraction of sp³-hybridized carbons (Fsp3) is 0.632. The Morgan fingerprint density at radius 3 is 2.52 bits per heavy atom. The van der Waals surface area contributed by atoms with Crippen molar-refractivity contribution in [2.45, 2.75) is 38.5 Å². The van der Waals surface area contributed by atoms with E-state index in [1.54, 1.807) is 0 Å². The molecule has 1 unspecified atom stereocenters. The molecule has 0 saturated heterocycles. The third kappa shape index (κ3) is 12.5. The van der Waals surface area contributed by atoms with Gasteiger partial charge in [0.2, 0.25) is 0 Å². The molecule has 0 amide bonds. The number of halogens is 1. The van der Waals surface area contributed by atoms with Crippen molar-refractivity contribution in [3.63, 3.8) is 0 Å². The number of guanidine groups is 1. The van der Waals surface area contributed by atoms with Crippen molar-refractivity contribution in [2.24, 2.45) is 16.8 Å². The van der Waals surface area contributed by atoms with E-state index in [-0.39, 0.29) is 30.6 Å². The van der Waals surface area contributed by atoms with E-state index in [1.165, 1.54) is 4.90 Å². The van der Waals surface area contributed by atoms with Gasteiger partial charge in [-0.1, -0.05) is 32.0 Å². The summed E-state index contributed by atoms with van der Waals surface area (Å²) in [6.45, 7) is 9.25. The van der Waals surface area contributed by atoms with Gasteiger partial charge in [0.25, 0.3) is 0 Å². The van der Waals surface area contributed by atoms with E-state index in [0.717, 1.165) is 44.2 Å². The summed E-state index contributed by atoms with van der Waals surface area (Å²) < 4.78 is 0. The molecule has 144 valence electrons. The van der Waals surface area contributed by atoms with Gasteiger partial charge in [-0.15, -0.1) is 35.7 Å². The Morgan fingerprint density at radius 1 is 1.20 bits per heavy atom. The lowest BCUT2D eigenvalue weighted by Gasteiger charge is -2.17. The van der Waals surface area contributed by atoms with E-state index in [2.05, 4.69) is 55.7 Å². The van der Waals surface area contributed by atoms with E-state index in [0.29, 0.717) is 11.8 Å². The second-order valence-electron chi connectivity index (χ2n) is 6.32. The average Bonchev–Trinajstić information content (AvgIpc) is 2.57. The zero-order valence-corrected chi connectivity index (χ0v) is 18.8. The second kappa shape index (κ2) is 15.8. The molecule has 0 saturated carbocycles. The first kappa shape index (κ1) is 24.5. The van der Waals surface area contributed by atoms with Gasteiger partial charge in [-0.2, -0.15) is 0 Å². The number of hydrogen-bond acceptors (Lipinski definition) is 3. The Kier molecular flexibility index (Phi) is 15.5.